The molecule has 0 aromatic carbocycles. The average Bonchev–Trinajstić information content (AvgIpc) is 2.93. The van der Waals surface area contributed by atoms with Crippen molar-refractivity contribution in [3.63, 3.8) is 0 Å². The molecule has 0 aliphatic heterocycles. The summed E-state index contributed by atoms with van der Waals surface area (Å²) in [5, 5.41) is 2.03. The quantitative estimate of drug-likeness (QED) is 0.560. The maximum absolute atomic E-state index is 5.53. The molecule has 0 saturated heterocycles. The summed E-state index contributed by atoms with van der Waals surface area (Å²) in [6, 6.07) is 5.94. The maximum atomic E-state index is 5.53. The molecule has 5 nitrogen and oxygen atoms in total. The van der Waals surface area contributed by atoms with Gasteiger partial charge < -0.3 is 5.43 Å². The smallest absolute Gasteiger partial charge is 0.163 e. The molecule has 3 aromatic heterocycles. The molecule has 21 heavy (non-hydrogen) atoms. The van der Waals surface area contributed by atoms with E-state index in [4.69, 9.17) is 5.84 Å². The Morgan fingerprint density at radius 2 is 2.00 bits per heavy atom. The summed E-state index contributed by atoms with van der Waals surface area (Å²) >= 11 is 1.66. The standard InChI is InChI=1S/C15H17N5S/c1-15(2,3)12-7-13(20-16)19-14(18-12)9-6-11-10(17-8-9)4-5-21-11/h4-8H,16H2,1-3H3,(H,18,19,20). The zero-order valence-corrected chi connectivity index (χ0v) is 13.0. The van der Waals surface area contributed by atoms with Crippen LogP contribution in [0.2, 0.25) is 0 Å². The van der Waals surface area contributed by atoms with Crippen LogP contribution in [0.1, 0.15) is 26.5 Å². The van der Waals surface area contributed by atoms with Gasteiger partial charge in [0.15, 0.2) is 5.82 Å². The lowest BCUT2D eigenvalue weighted by Gasteiger charge is -2.19. The van der Waals surface area contributed by atoms with Crippen LogP contribution in [0, 0.1) is 0 Å². The zero-order chi connectivity index (χ0) is 15.0. The second kappa shape index (κ2) is 5.05. The van der Waals surface area contributed by atoms with E-state index in [0.29, 0.717) is 11.6 Å². The molecule has 0 amide bonds. The minimum atomic E-state index is -0.0796. The highest BCUT2D eigenvalue weighted by Gasteiger charge is 2.18. The van der Waals surface area contributed by atoms with Gasteiger partial charge in [-0.05, 0) is 17.5 Å². The van der Waals surface area contributed by atoms with Crippen LogP contribution < -0.4 is 11.3 Å². The van der Waals surface area contributed by atoms with E-state index in [1.807, 2.05) is 17.5 Å². The molecule has 0 aliphatic carbocycles. The molecule has 0 aliphatic rings. The van der Waals surface area contributed by atoms with Gasteiger partial charge in [0.05, 0.1) is 15.9 Å². The molecule has 0 fully saturated rings. The Labute approximate surface area is 127 Å². The van der Waals surface area contributed by atoms with E-state index in [1.165, 1.54) is 0 Å². The number of nitrogens with one attached hydrogen (secondary N) is 1. The summed E-state index contributed by atoms with van der Waals surface area (Å²) < 4.78 is 1.12. The van der Waals surface area contributed by atoms with E-state index in [9.17, 15) is 0 Å². The lowest BCUT2D eigenvalue weighted by molar-refractivity contribution is 0.568. The van der Waals surface area contributed by atoms with Crippen molar-refractivity contribution in [3.05, 3.63) is 35.5 Å². The number of anilines is 1. The second-order valence-electron chi connectivity index (χ2n) is 5.88. The number of nitrogens with zero attached hydrogens (tertiary/aromatic N) is 3. The summed E-state index contributed by atoms with van der Waals surface area (Å²) in [6.07, 6.45) is 1.80. The van der Waals surface area contributed by atoms with Gasteiger partial charge in [0.1, 0.15) is 5.82 Å². The highest BCUT2D eigenvalue weighted by atomic mass is 32.1. The number of hydrogen-bond acceptors (Lipinski definition) is 6. The summed E-state index contributed by atoms with van der Waals surface area (Å²) in [7, 11) is 0. The maximum Gasteiger partial charge on any atom is 0.163 e. The van der Waals surface area contributed by atoms with Gasteiger partial charge in [0.2, 0.25) is 0 Å². The van der Waals surface area contributed by atoms with Gasteiger partial charge in [-0.2, -0.15) is 0 Å². The van der Waals surface area contributed by atoms with Crippen LogP contribution in [0.3, 0.4) is 0 Å². The molecular formula is C15H17N5S. The van der Waals surface area contributed by atoms with Crippen LogP contribution in [0.4, 0.5) is 5.82 Å². The third kappa shape index (κ3) is 2.72. The van der Waals surface area contributed by atoms with Crippen LogP contribution in [0.15, 0.2) is 29.8 Å². The van der Waals surface area contributed by atoms with Crippen molar-refractivity contribution in [2.75, 3.05) is 5.43 Å². The third-order valence-electron chi connectivity index (χ3n) is 3.20. The number of hydrazine groups is 1. The van der Waals surface area contributed by atoms with Crippen molar-refractivity contribution >= 4 is 27.4 Å². The fourth-order valence-electron chi connectivity index (χ4n) is 2.00. The molecular weight excluding hydrogens is 282 g/mol. The summed E-state index contributed by atoms with van der Waals surface area (Å²) in [6.45, 7) is 6.33. The summed E-state index contributed by atoms with van der Waals surface area (Å²) in [5.41, 5.74) is 5.36. The number of aromatic nitrogens is 3. The largest absolute Gasteiger partial charge is 0.308 e. The van der Waals surface area contributed by atoms with Crippen molar-refractivity contribution in [2.45, 2.75) is 26.2 Å². The zero-order valence-electron chi connectivity index (χ0n) is 12.2. The predicted molar refractivity (Wildman–Crippen MR) is 87.2 cm³/mol. The van der Waals surface area contributed by atoms with E-state index in [2.05, 4.69) is 47.2 Å². The average molecular weight is 299 g/mol. The van der Waals surface area contributed by atoms with Crippen LogP contribution in [0.25, 0.3) is 21.6 Å². The fraction of sp³-hybridized carbons (Fsp3) is 0.267. The minimum Gasteiger partial charge on any atom is -0.308 e. The monoisotopic (exact) mass is 299 g/mol. The van der Waals surface area contributed by atoms with Crippen molar-refractivity contribution < 1.29 is 0 Å². The van der Waals surface area contributed by atoms with E-state index in [0.717, 1.165) is 21.5 Å². The van der Waals surface area contributed by atoms with E-state index in [1.54, 1.807) is 17.5 Å². The second-order valence-corrected chi connectivity index (χ2v) is 6.83. The van der Waals surface area contributed by atoms with Gasteiger partial charge in [-0.15, -0.1) is 11.3 Å². The summed E-state index contributed by atoms with van der Waals surface area (Å²) in [5.74, 6) is 6.77. The minimum absolute atomic E-state index is 0.0796. The molecule has 3 N–H and O–H groups in total. The Kier molecular flexibility index (Phi) is 3.35. The number of hydrogen-bond donors (Lipinski definition) is 2. The molecule has 0 radical (unpaired) electrons. The van der Waals surface area contributed by atoms with Crippen LogP contribution >= 0.6 is 11.3 Å². The molecule has 0 unspecified atom stereocenters. The Morgan fingerprint density at radius 1 is 1.19 bits per heavy atom. The van der Waals surface area contributed by atoms with E-state index >= 15 is 0 Å². The van der Waals surface area contributed by atoms with Crippen LogP contribution in [-0.4, -0.2) is 15.0 Å². The first-order chi connectivity index (χ1) is 9.97. The molecule has 3 rings (SSSR count). The highest BCUT2D eigenvalue weighted by Crippen LogP contribution is 2.27. The first kappa shape index (κ1) is 13.9. The first-order valence-electron chi connectivity index (χ1n) is 6.67. The number of nitrogen functional groups attached to an aromatic ring is 1. The predicted octanol–water partition coefficient (Wildman–Crippen LogP) is 3.34. The van der Waals surface area contributed by atoms with Crippen molar-refractivity contribution in [1.82, 2.24) is 15.0 Å². The lowest BCUT2D eigenvalue weighted by atomic mass is 9.92. The van der Waals surface area contributed by atoms with Gasteiger partial charge in [-0.3, -0.25) is 4.98 Å². The van der Waals surface area contributed by atoms with Gasteiger partial charge in [-0.25, -0.2) is 15.8 Å². The molecule has 0 spiro atoms. The summed E-state index contributed by atoms with van der Waals surface area (Å²) in [4.78, 5) is 13.6. The van der Waals surface area contributed by atoms with Gasteiger partial charge in [0, 0.05) is 23.2 Å². The first-order valence-corrected chi connectivity index (χ1v) is 7.55. The highest BCUT2D eigenvalue weighted by molar-refractivity contribution is 7.17. The Hall–Kier alpha value is -2.05. The van der Waals surface area contributed by atoms with E-state index in [-0.39, 0.29) is 5.41 Å². The number of fused-ring (bicyclic) bond motifs is 1. The third-order valence-corrected chi connectivity index (χ3v) is 4.06. The van der Waals surface area contributed by atoms with E-state index < -0.39 is 0 Å². The van der Waals surface area contributed by atoms with Crippen molar-refractivity contribution in [3.8, 4) is 11.4 Å². The topological polar surface area (TPSA) is 76.7 Å². The number of thiophene rings is 1. The Morgan fingerprint density at radius 3 is 2.71 bits per heavy atom. The fourth-order valence-corrected chi connectivity index (χ4v) is 2.78. The van der Waals surface area contributed by atoms with Crippen LogP contribution in [0.5, 0.6) is 0 Å². The number of pyridine rings is 1. The van der Waals surface area contributed by atoms with Gasteiger partial charge in [0.25, 0.3) is 0 Å². The number of rotatable bonds is 2. The van der Waals surface area contributed by atoms with Crippen molar-refractivity contribution in [2.24, 2.45) is 5.84 Å². The molecule has 108 valence electrons. The lowest BCUT2D eigenvalue weighted by Crippen LogP contribution is -2.17. The van der Waals surface area contributed by atoms with Crippen LogP contribution in [-0.2, 0) is 5.41 Å². The van der Waals surface area contributed by atoms with Gasteiger partial charge >= 0.3 is 0 Å². The molecule has 3 aromatic rings. The van der Waals surface area contributed by atoms with Gasteiger partial charge in [-0.1, -0.05) is 20.8 Å². The normalized spacial score (nSPS) is 11.8. The van der Waals surface area contributed by atoms with Crippen molar-refractivity contribution in [1.29, 1.82) is 0 Å². The number of nitrogens with two attached hydrogens (primary N) is 1. The molecule has 0 bridgehead atoms. The Balaban J connectivity index is 2.16. The SMILES string of the molecule is CC(C)(C)c1cc(NN)nc(-c2cnc3ccsc3c2)n1. The Bertz CT molecular complexity index is 788. The molecule has 3 heterocycles. The molecule has 0 saturated carbocycles. The molecule has 6 heteroatoms. The molecule has 0 atom stereocenters.